The standard InChI is InChI=1S/C16H12ClN7/c17-15-19-10-20-16(23-15)22-12-4-5-14-11(7-12)8-21-24(14)9-13-3-1-2-6-18-13/h1-8,10H,9H2,(H,19,20,22,23). The molecule has 0 aliphatic rings. The number of halogens is 1. The Hall–Kier alpha value is -3.06. The van der Waals surface area contributed by atoms with Gasteiger partial charge < -0.3 is 5.32 Å². The van der Waals surface area contributed by atoms with Gasteiger partial charge in [-0.1, -0.05) is 6.07 Å². The van der Waals surface area contributed by atoms with Gasteiger partial charge in [0.1, 0.15) is 6.33 Å². The Morgan fingerprint density at radius 2 is 2.04 bits per heavy atom. The first kappa shape index (κ1) is 14.5. The summed E-state index contributed by atoms with van der Waals surface area (Å²) < 4.78 is 1.92. The molecule has 0 aliphatic heterocycles. The van der Waals surface area contributed by atoms with E-state index in [0.717, 1.165) is 22.3 Å². The molecule has 0 unspecified atom stereocenters. The average Bonchev–Trinajstić information content (AvgIpc) is 2.98. The van der Waals surface area contributed by atoms with E-state index in [9.17, 15) is 0 Å². The number of nitrogens with one attached hydrogen (secondary N) is 1. The Morgan fingerprint density at radius 1 is 1.08 bits per heavy atom. The van der Waals surface area contributed by atoms with Gasteiger partial charge in [-0.15, -0.1) is 0 Å². The lowest BCUT2D eigenvalue weighted by molar-refractivity contribution is 0.696. The van der Waals surface area contributed by atoms with Crippen molar-refractivity contribution < 1.29 is 0 Å². The van der Waals surface area contributed by atoms with Crippen molar-refractivity contribution >= 4 is 34.1 Å². The van der Waals surface area contributed by atoms with E-state index in [0.29, 0.717) is 12.5 Å². The van der Waals surface area contributed by atoms with Crippen molar-refractivity contribution in [3.63, 3.8) is 0 Å². The molecule has 0 amide bonds. The zero-order valence-electron chi connectivity index (χ0n) is 12.5. The molecule has 0 saturated heterocycles. The van der Waals surface area contributed by atoms with Crippen LogP contribution in [0.1, 0.15) is 5.69 Å². The Bertz CT molecular complexity index is 984. The summed E-state index contributed by atoms with van der Waals surface area (Å²) in [5.74, 6) is 0.398. The molecule has 0 aliphatic carbocycles. The largest absolute Gasteiger partial charge is 0.324 e. The molecule has 3 aromatic heterocycles. The second kappa shape index (κ2) is 6.21. The Kier molecular flexibility index (Phi) is 3.76. The van der Waals surface area contributed by atoms with Crippen molar-refractivity contribution in [2.75, 3.05) is 5.32 Å². The van der Waals surface area contributed by atoms with Gasteiger partial charge in [0.2, 0.25) is 11.2 Å². The summed E-state index contributed by atoms with van der Waals surface area (Å²) in [5.41, 5.74) is 2.84. The molecule has 7 nitrogen and oxygen atoms in total. The summed E-state index contributed by atoms with van der Waals surface area (Å²) in [6.45, 7) is 0.625. The second-order valence-electron chi connectivity index (χ2n) is 5.10. The highest BCUT2D eigenvalue weighted by molar-refractivity contribution is 6.28. The van der Waals surface area contributed by atoms with Crippen LogP contribution in [-0.4, -0.2) is 29.7 Å². The molecule has 4 rings (SSSR count). The number of benzene rings is 1. The zero-order chi connectivity index (χ0) is 16.4. The molecule has 0 radical (unpaired) electrons. The first-order valence-corrected chi connectivity index (χ1v) is 7.63. The maximum atomic E-state index is 5.77. The summed E-state index contributed by atoms with van der Waals surface area (Å²) in [6.07, 6.45) is 4.97. The van der Waals surface area contributed by atoms with Crippen LogP contribution < -0.4 is 5.32 Å². The van der Waals surface area contributed by atoms with E-state index in [4.69, 9.17) is 11.6 Å². The number of pyridine rings is 1. The smallest absolute Gasteiger partial charge is 0.231 e. The zero-order valence-corrected chi connectivity index (χ0v) is 13.2. The minimum atomic E-state index is 0.150. The van der Waals surface area contributed by atoms with E-state index >= 15 is 0 Å². The highest BCUT2D eigenvalue weighted by atomic mass is 35.5. The number of anilines is 2. The molecule has 1 N–H and O–H groups in total. The van der Waals surface area contributed by atoms with Crippen LogP contribution in [0.5, 0.6) is 0 Å². The van der Waals surface area contributed by atoms with E-state index < -0.39 is 0 Å². The fourth-order valence-corrected chi connectivity index (χ4v) is 2.53. The van der Waals surface area contributed by atoms with Gasteiger partial charge in [-0.2, -0.15) is 10.1 Å². The molecule has 24 heavy (non-hydrogen) atoms. The SMILES string of the molecule is Clc1ncnc(Nc2ccc3c(cnn3Cc3ccccn3)c2)n1. The third-order valence-corrected chi connectivity index (χ3v) is 3.66. The molecule has 118 valence electrons. The lowest BCUT2D eigenvalue weighted by Gasteiger charge is -2.06. The maximum absolute atomic E-state index is 5.77. The van der Waals surface area contributed by atoms with E-state index in [-0.39, 0.29) is 5.28 Å². The third kappa shape index (κ3) is 3.02. The summed E-state index contributed by atoms with van der Waals surface area (Å²) >= 11 is 5.77. The molecule has 0 spiro atoms. The van der Waals surface area contributed by atoms with Gasteiger partial charge >= 0.3 is 0 Å². The predicted octanol–water partition coefficient (Wildman–Crippen LogP) is 3.06. The van der Waals surface area contributed by atoms with Crippen LogP contribution in [0.4, 0.5) is 11.6 Å². The Balaban J connectivity index is 1.60. The van der Waals surface area contributed by atoms with Crippen molar-refractivity contribution in [3.8, 4) is 0 Å². The van der Waals surface area contributed by atoms with Crippen LogP contribution >= 0.6 is 11.6 Å². The fraction of sp³-hybridized carbons (Fsp3) is 0.0625. The van der Waals surface area contributed by atoms with Gasteiger partial charge in [0, 0.05) is 17.3 Å². The van der Waals surface area contributed by atoms with Gasteiger partial charge in [-0.05, 0) is 41.9 Å². The van der Waals surface area contributed by atoms with Crippen molar-refractivity contribution in [2.24, 2.45) is 0 Å². The normalized spacial score (nSPS) is 10.9. The number of fused-ring (bicyclic) bond motifs is 1. The summed E-state index contributed by atoms with van der Waals surface area (Å²) in [5, 5.41) is 8.70. The van der Waals surface area contributed by atoms with Crippen molar-refractivity contribution in [3.05, 3.63) is 66.1 Å². The number of nitrogens with zero attached hydrogens (tertiary/aromatic N) is 6. The van der Waals surface area contributed by atoms with Gasteiger partial charge in [0.15, 0.2) is 0 Å². The summed E-state index contributed by atoms with van der Waals surface area (Å²) in [6, 6.07) is 11.8. The van der Waals surface area contributed by atoms with E-state index in [1.54, 1.807) is 6.20 Å². The molecule has 8 heteroatoms. The number of rotatable bonds is 4. The Morgan fingerprint density at radius 3 is 2.88 bits per heavy atom. The molecule has 0 atom stereocenters. The molecule has 4 aromatic rings. The molecule has 1 aromatic carbocycles. The van der Waals surface area contributed by atoms with Crippen LogP contribution in [0.25, 0.3) is 10.9 Å². The first-order valence-electron chi connectivity index (χ1n) is 7.25. The molecule has 0 bridgehead atoms. The van der Waals surface area contributed by atoms with Crippen molar-refractivity contribution in [1.82, 2.24) is 29.7 Å². The van der Waals surface area contributed by atoms with E-state index in [1.165, 1.54) is 6.33 Å². The maximum Gasteiger partial charge on any atom is 0.231 e. The molecule has 3 heterocycles. The van der Waals surface area contributed by atoms with Crippen LogP contribution in [0.3, 0.4) is 0 Å². The minimum Gasteiger partial charge on any atom is -0.324 e. The second-order valence-corrected chi connectivity index (χ2v) is 5.44. The van der Waals surface area contributed by atoms with Crippen LogP contribution in [0, 0.1) is 0 Å². The Labute approximate surface area is 142 Å². The summed E-state index contributed by atoms with van der Waals surface area (Å²) in [4.78, 5) is 16.1. The topological polar surface area (TPSA) is 81.4 Å². The van der Waals surface area contributed by atoms with E-state index in [2.05, 4.69) is 30.4 Å². The molecular weight excluding hydrogens is 326 g/mol. The lowest BCUT2D eigenvalue weighted by atomic mass is 10.2. The number of aromatic nitrogens is 6. The average molecular weight is 338 g/mol. The van der Waals surface area contributed by atoms with Gasteiger partial charge in [0.25, 0.3) is 0 Å². The van der Waals surface area contributed by atoms with Crippen LogP contribution in [0.2, 0.25) is 5.28 Å². The highest BCUT2D eigenvalue weighted by Gasteiger charge is 2.06. The molecule has 0 fully saturated rings. The first-order chi connectivity index (χ1) is 11.8. The molecule has 0 saturated carbocycles. The summed E-state index contributed by atoms with van der Waals surface area (Å²) in [7, 11) is 0. The fourth-order valence-electron chi connectivity index (χ4n) is 2.40. The monoisotopic (exact) mass is 337 g/mol. The van der Waals surface area contributed by atoms with Crippen molar-refractivity contribution in [2.45, 2.75) is 6.54 Å². The van der Waals surface area contributed by atoms with Crippen LogP contribution in [0.15, 0.2) is 55.1 Å². The third-order valence-electron chi connectivity index (χ3n) is 3.48. The quantitative estimate of drug-likeness (QED) is 0.616. The lowest BCUT2D eigenvalue weighted by Crippen LogP contribution is -2.03. The minimum absolute atomic E-state index is 0.150. The number of hydrogen-bond acceptors (Lipinski definition) is 6. The van der Waals surface area contributed by atoms with Gasteiger partial charge in [-0.25, -0.2) is 9.97 Å². The van der Waals surface area contributed by atoms with Gasteiger partial charge in [0.05, 0.1) is 24.0 Å². The van der Waals surface area contributed by atoms with E-state index in [1.807, 2.05) is 47.3 Å². The van der Waals surface area contributed by atoms with Crippen molar-refractivity contribution in [1.29, 1.82) is 0 Å². The van der Waals surface area contributed by atoms with Crippen LogP contribution in [-0.2, 0) is 6.54 Å². The predicted molar refractivity (Wildman–Crippen MR) is 91.2 cm³/mol. The van der Waals surface area contributed by atoms with Gasteiger partial charge in [-0.3, -0.25) is 9.67 Å². The molecular formula is C16H12ClN7. The highest BCUT2D eigenvalue weighted by Crippen LogP contribution is 2.21. The number of hydrogen-bond donors (Lipinski definition) is 1.